The third-order valence-corrected chi connectivity index (χ3v) is 3.13. The van der Waals surface area contributed by atoms with E-state index in [0.29, 0.717) is 11.5 Å². The largest absolute Gasteiger partial charge is 0.319 e. The van der Waals surface area contributed by atoms with Gasteiger partial charge in [0.15, 0.2) is 0 Å². The summed E-state index contributed by atoms with van der Waals surface area (Å²) < 4.78 is 1.57. The fourth-order valence-corrected chi connectivity index (χ4v) is 2.09. The lowest BCUT2D eigenvalue weighted by molar-refractivity contribution is 0.101. The van der Waals surface area contributed by atoms with Crippen molar-refractivity contribution in [2.75, 3.05) is 5.32 Å². The molecule has 2 heterocycles. The number of carbonyl (C=O) groups excluding carboxylic acids is 1. The SMILES string of the molecule is Cc1ccc(NC(=O)c2nc3nc(C)cc(C)n3n2)cc1. The summed E-state index contributed by atoms with van der Waals surface area (Å²) >= 11 is 0. The second kappa shape index (κ2) is 4.97. The van der Waals surface area contributed by atoms with Gasteiger partial charge in [0.1, 0.15) is 0 Å². The Bertz CT molecular complexity index is 820. The van der Waals surface area contributed by atoms with Crippen LogP contribution in [-0.4, -0.2) is 25.5 Å². The van der Waals surface area contributed by atoms with E-state index in [0.717, 1.165) is 17.0 Å². The second-order valence-corrected chi connectivity index (χ2v) is 5.01. The van der Waals surface area contributed by atoms with Crippen LogP contribution in [-0.2, 0) is 0 Å². The molecule has 0 aliphatic rings. The van der Waals surface area contributed by atoms with Crippen molar-refractivity contribution in [1.29, 1.82) is 0 Å². The van der Waals surface area contributed by atoms with Gasteiger partial charge in [-0.05, 0) is 39.0 Å². The number of nitrogens with zero attached hydrogens (tertiary/aromatic N) is 4. The van der Waals surface area contributed by atoms with E-state index in [2.05, 4.69) is 20.4 Å². The Morgan fingerprint density at radius 1 is 1.10 bits per heavy atom. The van der Waals surface area contributed by atoms with Gasteiger partial charge in [0.2, 0.25) is 5.82 Å². The standard InChI is InChI=1S/C15H15N5O/c1-9-4-6-12(7-5-9)17-14(21)13-18-15-16-10(2)8-11(3)20(15)19-13/h4-8H,1-3H3,(H,17,21). The highest BCUT2D eigenvalue weighted by molar-refractivity contribution is 6.01. The molecule has 106 valence electrons. The van der Waals surface area contributed by atoms with Gasteiger partial charge in [0.05, 0.1) is 0 Å². The van der Waals surface area contributed by atoms with Crippen LogP contribution in [0, 0.1) is 20.8 Å². The minimum Gasteiger partial charge on any atom is -0.319 e. The molecule has 0 saturated heterocycles. The molecule has 1 N–H and O–H groups in total. The summed E-state index contributed by atoms with van der Waals surface area (Å²) in [6.07, 6.45) is 0. The number of rotatable bonds is 2. The summed E-state index contributed by atoms with van der Waals surface area (Å²) in [4.78, 5) is 20.6. The molecule has 0 radical (unpaired) electrons. The van der Waals surface area contributed by atoms with Crippen molar-refractivity contribution in [3.63, 3.8) is 0 Å². The summed E-state index contributed by atoms with van der Waals surface area (Å²) in [5.74, 6) is 0.194. The summed E-state index contributed by atoms with van der Waals surface area (Å²) in [5.41, 5.74) is 3.58. The zero-order valence-electron chi connectivity index (χ0n) is 12.1. The van der Waals surface area contributed by atoms with Crippen LogP contribution in [0.5, 0.6) is 0 Å². The highest BCUT2D eigenvalue weighted by atomic mass is 16.2. The first-order chi connectivity index (χ1) is 10.0. The quantitative estimate of drug-likeness (QED) is 0.782. The number of hydrogen-bond donors (Lipinski definition) is 1. The second-order valence-electron chi connectivity index (χ2n) is 5.01. The molecule has 0 atom stereocenters. The van der Waals surface area contributed by atoms with Crippen LogP contribution in [0.15, 0.2) is 30.3 Å². The molecule has 0 aliphatic heterocycles. The normalized spacial score (nSPS) is 10.8. The Labute approximate surface area is 121 Å². The van der Waals surface area contributed by atoms with Crippen molar-refractivity contribution in [2.24, 2.45) is 0 Å². The monoisotopic (exact) mass is 281 g/mol. The molecule has 3 aromatic rings. The molecular formula is C15H15N5O. The van der Waals surface area contributed by atoms with Crippen molar-refractivity contribution in [2.45, 2.75) is 20.8 Å². The third kappa shape index (κ3) is 2.60. The van der Waals surface area contributed by atoms with Gasteiger partial charge in [-0.3, -0.25) is 4.79 Å². The van der Waals surface area contributed by atoms with Crippen molar-refractivity contribution in [3.8, 4) is 0 Å². The van der Waals surface area contributed by atoms with Gasteiger partial charge in [0, 0.05) is 17.1 Å². The van der Waals surface area contributed by atoms with Gasteiger partial charge < -0.3 is 5.32 Å². The van der Waals surface area contributed by atoms with Gasteiger partial charge in [-0.1, -0.05) is 17.7 Å². The van der Waals surface area contributed by atoms with E-state index in [-0.39, 0.29) is 11.7 Å². The molecule has 0 unspecified atom stereocenters. The maximum atomic E-state index is 12.2. The van der Waals surface area contributed by atoms with Crippen molar-refractivity contribution in [1.82, 2.24) is 19.6 Å². The minimum absolute atomic E-state index is 0.108. The number of benzene rings is 1. The van der Waals surface area contributed by atoms with Gasteiger partial charge in [0.25, 0.3) is 11.7 Å². The number of aryl methyl sites for hydroxylation is 3. The van der Waals surface area contributed by atoms with E-state index >= 15 is 0 Å². The minimum atomic E-state index is -0.346. The van der Waals surface area contributed by atoms with E-state index < -0.39 is 0 Å². The summed E-state index contributed by atoms with van der Waals surface area (Å²) in [6.45, 7) is 5.78. The maximum Gasteiger partial charge on any atom is 0.295 e. The lowest BCUT2D eigenvalue weighted by Gasteiger charge is -2.02. The molecule has 0 aliphatic carbocycles. The molecule has 1 amide bonds. The van der Waals surface area contributed by atoms with E-state index in [4.69, 9.17) is 0 Å². The topological polar surface area (TPSA) is 72.2 Å². The smallest absolute Gasteiger partial charge is 0.295 e. The van der Waals surface area contributed by atoms with Gasteiger partial charge >= 0.3 is 0 Å². The molecule has 21 heavy (non-hydrogen) atoms. The number of aromatic nitrogens is 4. The van der Waals surface area contributed by atoms with Crippen molar-refractivity contribution < 1.29 is 4.79 Å². The maximum absolute atomic E-state index is 12.2. The van der Waals surface area contributed by atoms with Gasteiger partial charge in [-0.2, -0.15) is 4.98 Å². The number of nitrogens with one attached hydrogen (secondary N) is 1. The van der Waals surface area contributed by atoms with Crippen LogP contribution >= 0.6 is 0 Å². The molecular weight excluding hydrogens is 266 g/mol. The number of amides is 1. The molecule has 3 rings (SSSR count). The fraction of sp³-hybridized carbons (Fsp3) is 0.200. The summed E-state index contributed by atoms with van der Waals surface area (Å²) in [5, 5.41) is 6.97. The Morgan fingerprint density at radius 3 is 2.52 bits per heavy atom. The lowest BCUT2D eigenvalue weighted by atomic mass is 10.2. The van der Waals surface area contributed by atoms with E-state index in [1.54, 1.807) is 4.52 Å². The molecule has 0 bridgehead atoms. The first-order valence-electron chi connectivity index (χ1n) is 6.62. The summed E-state index contributed by atoms with van der Waals surface area (Å²) in [7, 11) is 0. The lowest BCUT2D eigenvalue weighted by Crippen LogP contribution is -2.14. The third-order valence-electron chi connectivity index (χ3n) is 3.13. The zero-order chi connectivity index (χ0) is 15.0. The Kier molecular flexibility index (Phi) is 3.13. The predicted octanol–water partition coefficient (Wildman–Crippen LogP) is 2.30. The molecule has 0 fully saturated rings. The zero-order valence-corrected chi connectivity index (χ0v) is 12.1. The fourth-order valence-electron chi connectivity index (χ4n) is 2.09. The average molecular weight is 281 g/mol. The molecule has 2 aromatic heterocycles. The van der Waals surface area contributed by atoms with Gasteiger partial charge in [-0.25, -0.2) is 9.50 Å². The van der Waals surface area contributed by atoms with Crippen LogP contribution in [0.2, 0.25) is 0 Å². The molecule has 0 saturated carbocycles. The van der Waals surface area contributed by atoms with Crippen molar-refractivity contribution >= 4 is 17.4 Å². The molecule has 0 spiro atoms. The Balaban J connectivity index is 1.91. The van der Waals surface area contributed by atoms with Crippen LogP contribution in [0.3, 0.4) is 0 Å². The van der Waals surface area contributed by atoms with Crippen LogP contribution in [0.25, 0.3) is 5.78 Å². The predicted molar refractivity (Wildman–Crippen MR) is 79.4 cm³/mol. The summed E-state index contributed by atoms with van der Waals surface area (Å²) in [6, 6.07) is 9.44. The number of hydrogen-bond acceptors (Lipinski definition) is 4. The Morgan fingerprint density at radius 2 is 1.81 bits per heavy atom. The van der Waals surface area contributed by atoms with E-state index in [1.807, 2.05) is 51.1 Å². The van der Waals surface area contributed by atoms with Crippen LogP contribution in [0.4, 0.5) is 5.69 Å². The Hall–Kier alpha value is -2.76. The van der Waals surface area contributed by atoms with Crippen LogP contribution < -0.4 is 5.32 Å². The highest BCUT2D eigenvalue weighted by Gasteiger charge is 2.15. The van der Waals surface area contributed by atoms with E-state index in [1.165, 1.54) is 0 Å². The van der Waals surface area contributed by atoms with Crippen molar-refractivity contribution in [3.05, 3.63) is 53.1 Å². The van der Waals surface area contributed by atoms with Gasteiger partial charge in [-0.15, -0.1) is 5.10 Å². The number of carbonyl (C=O) groups is 1. The number of fused-ring (bicyclic) bond motifs is 1. The molecule has 6 nitrogen and oxygen atoms in total. The van der Waals surface area contributed by atoms with E-state index in [9.17, 15) is 4.79 Å². The average Bonchev–Trinajstić information content (AvgIpc) is 2.85. The molecule has 6 heteroatoms. The highest BCUT2D eigenvalue weighted by Crippen LogP contribution is 2.11. The molecule has 1 aromatic carbocycles. The first-order valence-corrected chi connectivity index (χ1v) is 6.62. The number of anilines is 1. The van der Waals surface area contributed by atoms with Crippen LogP contribution in [0.1, 0.15) is 27.6 Å². The first kappa shape index (κ1) is 13.2.